The molecule has 1 saturated heterocycles. The van der Waals surface area contributed by atoms with Crippen LogP contribution >= 0.6 is 0 Å². The summed E-state index contributed by atoms with van der Waals surface area (Å²) in [6.07, 6.45) is 4.84. The van der Waals surface area contributed by atoms with E-state index in [2.05, 4.69) is 9.97 Å². The van der Waals surface area contributed by atoms with Crippen LogP contribution in [0.1, 0.15) is 19.3 Å². The van der Waals surface area contributed by atoms with E-state index in [9.17, 15) is 9.59 Å². The lowest BCUT2D eigenvalue weighted by molar-refractivity contribution is -0.137. The van der Waals surface area contributed by atoms with Gasteiger partial charge in [0.05, 0.1) is 0 Å². The number of H-pyrrole nitrogens is 1. The summed E-state index contributed by atoms with van der Waals surface area (Å²) in [6, 6.07) is 0. The predicted molar refractivity (Wildman–Crippen MR) is 62.0 cm³/mol. The molecule has 0 spiro atoms. The minimum Gasteiger partial charge on any atom is -0.481 e. The van der Waals surface area contributed by atoms with Crippen molar-refractivity contribution in [3.8, 4) is 0 Å². The molecule has 2 N–H and O–H groups in total. The van der Waals surface area contributed by atoms with Gasteiger partial charge in [0.15, 0.2) is 5.82 Å². The lowest BCUT2D eigenvalue weighted by atomic mass is 10.0. The highest BCUT2D eigenvalue weighted by Crippen LogP contribution is 2.23. The molecule has 1 aromatic rings. The zero-order valence-corrected chi connectivity index (χ0v) is 9.43. The van der Waals surface area contributed by atoms with Crippen LogP contribution in [-0.4, -0.2) is 34.1 Å². The van der Waals surface area contributed by atoms with Crippen molar-refractivity contribution >= 4 is 11.8 Å². The van der Waals surface area contributed by atoms with E-state index in [0.29, 0.717) is 24.7 Å². The molecule has 2 rings (SSSR count). The van der Waals surface area contributed by atoms with Gasteiger partial charge in [-0.1, -0.05) is 0 Å². The highest BCUT2D eigenvalue weighted by atomic mass is 16.4. The third-order valence-electron chi connectivity index (χ3n) is 3.04. The van der Waals surface area contributed by atoms with Crippen molar-refractivity contribution in [2.24, 2.45) is 5.92 Å². The first kappa shape index (κ1) is 11.6. The molecule has 0 amide bonds. The predicted octanol–water partition coefficient (Wildman–Crippen LogP) is 0.461. The van der Waals surface area contributed by atoms with Crippen LogP contribution in [0.25, 0.3) is 0 Å². The smallest absolute Gasteiger partial charge is 0.303 e. The monoisotopic (exact) mass is 237 g/mol. The van der Waals surface area contributed by atoms with Gasteiger partial charge >= 0.3 is 5.97 Å². The van der Waals surface area contributed by atoms with Crippen LogP contribution in [0.5, 0.6) is 0 Å². The maximum absolute atomic E-state index is 11.5. The van der Waals surface area contributed by atoms with Crippen LogP contribution < -0.4 is 10.5 Å². The maximum Gasteiger partial charge on any atom is 0.303 e. The summed E-state index contributed by atoms with van der Waals surface area (Å²) in [5, 5.41) is 8.62. The number of hydrogen-bond acceptors (Lipinski definition) is 4. The Morgan fingerprint density at radius 3 is 3.18 bits per heavy atom. The highest BCUT2D eigenvalue weighted by Gasteiger charge is 2.25. The van der Waals surface area contributed by atoms with Gasteiger partial charge in [-0.25, -0.2) is 4.98 Å². The second-order valence-electron chi connectivity index (χ2n) is 4.28. The van der Waals surface area contributed by atoms with Crippen molar-refractivity contribution in [2.75, 3.05) is 18.0 Å². The number of aromatic amines is 1. The molecular formula is C11H15N3O3. The van der Waals surface area contributed by atoms with Crippen LogP contribution in [0.15, 0.2) is 17.2 Å². The quantitative estimate of drug-likeness (QED) is 0.794. The van der Waals surface area contributed by atoms with Crippen molar-refractivity contribution in [2.45, 2.75) is 19.3 Å². The fraction of sp³-hybridized carbons (Fsp3) is 0.545. The molecule has 1 aromatic heterocycles. The van der Waals surface area contributed by atoms with Crippen molar-refractivity contribution in [1.29, 1.82) is 0 Å². The maximum atomic E-state index is 11.5. The molecule has 0 aliphatic carbocycles. The molecule has 0 radical (unpaired) electrons. The number of carbonyl (C=O) groups is 1. The number of hydrogen-bond donors (Lipinski definition) is 2. The van der Waals surface area contributed by atoms with Crippen molar-refractivity contribution < 1.29 is 9.90 Å². The first-order valence-electron chi connectivity index (χ1n) is 5.67. The fourth-order valence-electron chi connectivity index (χ4n) is 2.16. The number of nitrogens with one attached hydrogen (secondary N) is 1. The van der Waals surface area contributed by atoms with Crippen molar-refractivity contribution in [1.82, 2.24) is 9.97 Å². The molecule has 1 aliphatic rings. The molecule has 1 aliphatic heterocycles. The summed E-state index contributed by atoms with van der Waals surface area (Å²) >= 11 is 0. The summed E-state index contributed by atoms with van der Waals surface area (Å²) in [5.74, 6) is 0.0111. The van der Waals surface area contributed by atoms with Crippen LogP contribution in [0.4, 0.5) is 5.82 Å². The molecule has 6 nitrogen and oxygen atoms in total. The van der Waals surface area contributed by atoms with E-state index < -0.39 is 5.97 Å². The number of nitrogens with zero attached hydrogens (tertiary/aromatic N) is 2. The Balaban J connectivity index is 1.96. The third kappa shape index (κ3) is 2.83. The standard InChI is InChI=1S/C11H15N3O3/c15-9(16)2-1-8-3-6-14(7-8)10-11(17)13-5-4-12-10/h4-5,8H,1-3,6-7H2,(H,13,17)(H,15,16). The van der Waals surface area contributed by atoms with E-state index in [4.69, 9.17) is 5.11 Å². The number of aliphatic carboxylic acids is 1. The zero-order valence-electron chi connectivity index (χ0n) is 9.43. The molecule has 0 bridgehead atoms. The average Bonchev–Trinajstić information content (AvgIpc) is 2.75. The molecule has 1 fully saturated rings. The van der Waals surface area contributed by atoms with E-state index in [0.717, 1.165) is 13.0 Å². The van der Waals surface area contributed by atoms with Gasteiger partial charge in [-0.3, -0.25) is 9.59 Å². The number of carboxylic acids is 1. The molecule has 2 heterocycles. The Labute approximate surface area is 98.3 Å². The van der Waals surface area contributed by atoms with E-state index in [1.54, 1.807) is 6.20 Å². The summed E-state index contributed by atoms with van der Waals surface area (Å²) < 4.78 is 0. The Hall–Kier alpha value is -1.85. The van der Waals surface area contributed by atoms with Crippen molar-refractivity contribution in [3.05, 3.63) is 22.7 Å². The van der Waals surface area contributed by atoms with E-state index in [-0.39, 0.29) is 12.0 Å². The van der Waals surface area contributed by atoms with E-state index >= 15 is 0 Å². The van der Waals surface area contributed by atoms with Gasteiger partial charge in [0.1, 0.15) is 0 Å². The van der Waals surface area contributed by atoms with Gasteiger partial charge in [0.25, 0.3) is 5.56 Å². The molecule has 0 saturated carbocycles. The number of aromatic nitrogens is 2. The molecule has 92 valence electrons. The van der Waals surface area contributed by atoms with E-state index in [1.807, 2.05) is 4.90 Å². The molecular weight excluding hydrogens is 222 g/mol. The Bertz CT molecular complexity index is 457. The summed E-state index contributed by atoms with van der Waals surface area (Å²) in [7, 11) is 0. The van der Waals surface area contributed by atoms with Crippen LogP contribution in [0.2, 0.25) is 0 Å². The zero-order chi connectivity index (χ0) is 12.3. The lowest BCUT2D eigenvalue weighted by Crippen LogP contribution is -2.27. The number of rotatable bonds is 4. The Kier molecular flexibility index (Phi) is 3.41. The van der Waals surface area contributed by atoms with Crippen molar-refractivity contribution in [3.63, 3.8) is 0 Å². The van der Waals surface area contributed by atoms with Gasteiger partial charge in [0.2, 0.25) is 0 Å². The second-order valence-corrected chi connectivity index (χ2v) is 4.28. The van der Waals surface area contributed by atoms with Gasteiger partial charge in [-0.05, 0) is 18.8 Å². The molecule has 1 unspecified atom stereocenters. The first-order valence-corrected chi connectivity index (χ1v) is 5.67. The number of carboxylic acid groups (broad SMARTS) is 1. The minimum absolute atomic E-state index is 0.189. The van der Waals surface area contributed by atoms with Gasteiger partial charge in [-0.2, -0.15) is 0 Å². The molecule has 0 aromatic carbocycles. The summed E-state index contributed by atoms with van der Waals surface area (Å²) in [4.78, 5) is 30.6. The second kappa shape index (κ2) is 4.99. The number of anilines is 1. The van der Waals surface area contributed by atoms with Crippen LogP contribution in [-0.2, 0) is 4.79 Å². The molecule has 1 atom stereocenters. The lowest BCUT2D eigenvalue weighted by Gasteiger charge is -2.15. The Morgan fingerprint density at radius 1 is 1.65 bits per heavy atom. The summed E-state index contributed by atoms with van der Waals surface area (Å²) in [6.45, 7) is 1.48. The van der Waals surface area contributed by atoms with Gasteiger partial charge < -0.3 is 15.0 Å². The third-order valence-corrected chi connectivity index (χ3v) is 3.04. The first-order chi connectivity index (χ1) is 8.16. The Morgan fingerprint density at radius 2 is 2.47 bits per heavy atom. The summed E-state index contributed by atoms with van der Waals surface area (Å²) in [5.41, 5.74) is -0.189. The topological polar surface area (TPSA) is 86.3 Å². The SMILES string of the molecule is O=C(O)CCC1CCN(c2ncc[nH]c2=O)C1. The van der Waals surface area contributed by atoms with E-state index in [1.165, 1.54) is 6.20 Å². The van der Waals surface area contributed by atoms with Crippen LogP contribution in [0.3, 0.4) is 0 Å². The molecule has 17 heavy (non-hydrogen) atoms. The average molecular weight is 237 g/mol. The van der Waals surface area contributed by atoms with Gasteiger partial charge in [-0.15, -0.1) is 0 Å². The fourth-order valence-corrected chi connectivity index (χ4v) is 2.16. The van der Waals surface area contributed by atoms with Gasteiger partial charge in [0, 0.05) is 31.9 Å². The minimum atomic E-state index is -0.765. The van der Waals surface area contributed by atoms with Crippen LogP contribution in [0, 0.1) is 5.92 Å². The molecule has 6 heteroatoms. The normalized spacial score (nSPS) is 19.5. The largest absolute Gasteiger partial charge is 0.481 e. The highest BCUT2D eigenvalue weighted by molar-refractivity contribution is 5.66.